The molecular formula is C22H18N6O. The Balaban J connectivity index is 1.71. The van der Waals surface area contributed by atoms with E-state index in [4.69, 9.17) is 5.10 Å². The lowest BCUT2D eigenvalue weighted by Crippen LogP contribution is -2.22. The average Bonchev–Trinajstić information content (AvgIpc) is 3.16. The van der Waals surface area contributed by atoms with Crippen molar-refractivity contribution in [3.8, 4) is 11.1 Å². The van der Waals surface area contributed by atoms with E-state index in [1.54, 1.807) is 21.5 Å². The Morgan fingerprint density at radius 2 is 1.79 bits per heavy atom. The normalized spacial score (nSPS) is 11.3. The maximum atomic E-state index is 13.0. The van der Waals surface area contributed by atoms with Crippen LogP contribution in [0.25, 0.3) is 27.8 Å². The first-order valence-electron chi connectivity index (χ1n) is 9.49. The van der Waals surface area contributed by atoms with Crippen molar-refractivity contribution >= 4 is 16.7 Å². The molecule has 0 radical (unpaired) electrons. The van der Waals surface area contributed by atoms with E-state index in [1.807, 2.05) is 54.6 Å². The summed E-state index contributed by atoms with van der Waals surface area (Å²) in [7, 11) is 0. The van der Waals surface area contributed by atoms with E-state index >= 15 is 0 Å². The SMILES string of the molecule is CCc1nn2c(nnc3c(=O)n(Cc4ccccn4)ccc32)c1-c1ccccc1. The number of pyridine rings is 2. The lowest BCUT2D eigenvalue weighted by molar-refractivity contribution is 0.740. The molecule has 0 aliphatic rings. The summed E-state index contributed by atoms with van der Waals surface area (Å²) in [5.41, 5.74) is 5.11. The first kappa shape index (κ1) is 17.2. The molecule has 1 aromatic carbocycles. The van der Waals surface area contributed by atoms with Crippen molar-refractivity contribution in [1.29, 1.82) is 0 Å². The first-order chi connectivity index (χ1) is 14.3. The molecule has 0 aliphatic heterocycles. The molecule has 4 heterocycles. The van der Waals surface area contributed by atoms with Crippen molar-refractivity contribution in [2.75, 3.05) is 0 Å². The van der Waals surface area contributed by atoms with Crippen molar-refractivity contribution in [1.82, 2.24) is 29.4 Å². The smallest absolute Gasteiger partial charge is 0.280 e. The third-order valence-electron chi connectivity index (χ3n) is 4.98. The van der Waals surface area contributed by atoms with E-state index in [9.17, 15) is 4.79 Å². The topological polar surface area (TPSA) is 78.0 Å². The van der Waals surface area contributed by atoms with Gasteiger partial charge in [-0.15, -0.1) is 10.2 Å². The molecule has 0 unspecified atom stereocenters. The number of hydrogen-bond acceptors (Lipinski definition) is 5. The Bertz CT molecular complexity index is 1370. The summed E-state index contributed by atoms with van der Waals surface area (Å²) in [5.74, 6) is 0. The second kappa shape index (κ2) is 6.94. The van der Waals surface area contributed by atoms with Gasteiger partial charge in [-0.05, 0) is 30.2 Å². The van der Waals surface area contributed by atoms with Crippen molar-refractivity contribution < 1.29 is 0 Å². The van der Waals surface area contributed by atoms with Crippen LogP contribution in [-0.4, -0.2) is 29.4 Å². The molecule has 142 valence electrons. The van der Waals surface area contributed by atoms with Gasteiger partial charge in [-0.2, -0.15) is 5.10 Å². The maximum absolute atomic E-state index is 13.0. The quantitative estimate of drug-likeness (QED) is 0.477. The van der Waals surface area contributed by atoms with Gasteiger partial charge in [-0.25, -0.2) is 4.52 Å². The molecule has 7 nitrogen and oxygen atoms in total. The highest BCUT2D eigenvalue weighted by Gasteiger charge is 2.18. The lowest BCUT2D eigenvalue weighted by atomic mass is 10.0. The Morgan fingerprint density at radius 1 is 0.966 bits per heavy atom. The number of rotatable bonds is 4. The van der Waals surface area contributed by atoms with Gasteiger partial charge in [-0.1, -0.05) is 43.3 Å². The van der Waals surface area contributed by atoms with Gasteiger partial charge in [-0.3, -0.25) is 9.78 Å². The second-order valence-corrected chi connectivity index (χ2v) is 6.78. The number of fused-ring (bicyclic) bond motifs is 3. The summed E-state index contributed by atoms with van der Waals surface area (Å²) in [6.07, 6.45) is 4.23. The van der Waals surface area contributed by atoms with Gasteiger partial charge in [0.2, 0.25) is 0 Å². The maximum Gasteiger partial charge on any atom is 0.280 e. The predicted molar refractivity (Wildman–Crippen MR) is 111 cm³/mol. The van der Waals surface area contributed by atoms with E-state index in [0.717, 1.165) is 28.9 Å². The van der Waals surface area contributed by atoms with E-state index in [2.05, 4.69) is 22.1 Å². The van der Waals surface area contributed by atoms with Crippen LogP contribution in [0.5, 0.6) is 0 Å². The van der Waals surface area contributed by atoms with Gasteiger partial charge in [0.15, 0.2) is 11.2 Å². The van der Waals surface area contributed by atoms with Crippen molar-refractivity contribution in [2.24, 2.45) is 0 Å². The minimum absolute atomic E-state index is 0.211. The molecule has 0 amide bonds. The van der Waals surface area contributed by atoms with Crippen molar-refractivity contribution in [3.63, 3.8) is 0 Å². The monoisotopic (exact) mass is 382 g/mol. The van der Waals surface area contributed by atoms with E-state index in [-0.39, 0.29) is 5.56 Å². The molecule has 0 spiro atoms. The Morgan fingerprint density at radius 3 is 2.55 bits per heavy atom. The molecule has 4 aromatic heterocycles. The van der Waals surface area contributed by atoms with Crippen molar-refractivity contribution in [2.45, 2.75) is 19.9 Å². The van der Waals surface area contributed by atoms with Crippen LogP contribution in [0.15, 0.2) is 71.8 Å². The molecule has 5 aromatic rings. The molecule has 5 rings (SSSR count). The number of hydrogen-bond donors (Lipinski definition) is 0. The number of aryl methyl sites for hydroxylation is 1. The highest BCUT2D eigenvalue weighted by Crippen LogP contribution is 2.28. The fourth-order valence-electron chi connectivity index (χ4n) is 3.57. The van der Waals surface area contributed by atoms with Crippen LogP contribution in [0.1, 0.15) is 18.3 Å². The molecule has 0 N–H and O–H groups in total. The fraction of sp³-hybridized carbons (Fsp3) is 0.136. The van der Waals surface area contributed by atoms with Crippen LogP contribution < -0.4 is 5.56 Å². The highest BCUT2D eigenvalue weighted by atomic mass is 16.1. The van der Waals surface area contributed by atoms with E-state index < -0.39 is 0 Å². The zero-order valence-electron chi connectivity index (χ0n) is 15.9. The van der Waals surface area contributed by atoms with Crippen molar-refractivity contribution in [3.05, 3.63) is 88.7 Å². The standard InChI is InChI=1S/C22H18N6O/c1-2-17-19(15-8-4-3-5-9-15)21-25-24-20-18(28(21)26-17)11-13-27(22(20)29)14-16-10-6-7-12-23-16/h3-13H,2,14H2,1H3. The summed E-state index contributed by atoms with van der Waals surface area (Å²) in [6.45, 7) is 2.44. The fourth-order valence-corrected chi connectivity index (χ4v) is 3.57. The molecule has 7 heteroatoms. The largest absolute Gasteiger partial charge is 0.307 e. The van der Waals surface area contributed by atoms with Gasteiger partial charge >= 0.3 is 0 Å². The van der Waals surface area contributed by atoms with E-state index in [1.165, 1.54) is 0 Å². The molecule has 29 heavy (non-hydrogen) atoms. The summed E-state index contributed by atoms with van der Waals surface area (Å²) in [5, 5.41) is 13.4. The molecule has 0 atom stereocenters. The van der Waals surface area contributed by atoms with Crippen LogP contribution in [0, 0.1) is 0 Å². The van der Waals surface area contributed by atoms with Gasteiger partial charge in [0.05, 0.1) is 23.5 Å². The summed E-state index contributed by atoms with van der Waals surface area (Å²) < 4.78 is 3.32. The third kappa shape index (κ3) is 2.87. The van der Waals surface area contributed by atoms with Crippen LogP contribution in [-0.2, 0) is 13.0 Å². The Hall–Kier alpha value is -3.87. The lowest BCUT2D eigenvalue weighted by Gasteiger charge is -2.07. The van der Waals surface area contributed by atoms with Crippen LogP contribution in [0.4, 0.5) is 0 Å². The van der Waals surface area contributed by atoms with E-state index in [0.29, 0.717) is 23.2 Å². The average molecular weight is 382 g/mol. The Labute approximate surface area is 166 Å². The number of nitrogens with zero attached hydrogens (tertiary/aromatic N) is 6. The Kier molecular flexibility index (Phi) is 4.13. The third-order valence-corrected chi connectivity index (χ3v) is 4.98. The van der Waals surface area contributed by atoms with Crippen LogP contribution in [0.2, 0.25) is 0 Å². The van der Waals surface area contributed by atoms with Gasteiger partial charge in [0.1, 0.15) is 5.52 Å². The molecule has 0 bridgehead atoms. The summed E-state index contributed by atoms with van der Waals surface area (Å²) in [6, 6.07) is 17.5. The summed E-state index contributed by atoms with van der Waals surface area (Å²) >= 11 is 0. The van der Waals surface area contributed by atoms with Crippen LogP contribution in [0.3, 0.4) is 0 Å². The zero-order chi connectivity index (χ0) is 19.8. The minimum Gasteiger partial charge on any atom is -0.307 e. The van der Waals surface area contributed by atoms with Gasteiger partial charge in [0, 0.05) is 12.4 Å². The van der Waals surface area contributed by atoms with Gasteiger partial charge < -0.3 is 4.57 Å². The van der Waals surface area contributed by atoms with Gasteiger partial charge in [0.25, 0.3) is 5.56 Å². The predicted octanol–water partition coefficient (Wildman–Crippen LogP) is 3.11. The minimum atomic E-state index is -0.211. The second-order valence-electron chi connectivity index (χ2n) is 6.78. The van der Waals surface area contributed by atoms with Crippen LogP contribution >= 0.6 is 0 Å². The molecule has 0 saturated heterocycles. The zero-order valence-corrected chi connectivity index (χ0v) is 15.9. The first-order valence-corrected chi connectivity index (χ1v) is 9.49. The number of benzene rings is 1. The molecular weight excluding hydrogens is 364 g/mol. The molecule has 0 fully saturated rings. The highest BCUT2D eigenvalue weighted by molar-refractivity contribution is 5.84. The summed E-state index contributed by atoms with van der Waals surface area (Å²) in [4.78, 5) is 17.3. The number of aromatic nitrogens is 6. The molecule has 0 saturated carbocycles. The molecule has 0 aliphatic carbocycles.